The van der Waals surface area contributed by atoms with E-state index in [1.807, 2.05) is 6.92 Å². The topological polar surface area (TPSA) is 122 Å². The van der Waals surface area contributed by atoms with Crippen LogP contribution in [0.3, 0.4) is 0 Å². The van der Waals surface area contributed by atoms with Crippen molar-refractivity contribution in [2.45, 2.75) is 26.2 Å². The van der Waals surface area contributed by atoms with Gasteiger partial charge in [-0.05, 0) is 25.0 Å². The van der Waals surface area contributed by atoms with Crippen LogP contribution in [0.25, 0.3) is 0 Å². The minimum atomic E-state index is -1.36. The Morgan fingerprint density at radius 3 is 2.39 bits per heavy atom. The van der Waals surface area contributed by atoms with Crippen molar-refractivity contribution in [3.05, 3.63) is 36.4 Å². The second-order valence-electron chi connectivity index (χ2n) is 6.18. The third-order valence-electron chi connectivity index (χ3n) is 4.08. The number of carbonyl (C=O) groups is 3. The number of methoxy groups -OCH3 is 3. The molecule has 1 unspecified atom stereocenters. The minimum absolute atomic E-state index is 0.0484. The van der Waals surface area contributed by atoms with Crippen molar-refractivity contribution < 1.29 is 38.3 Å². The van der Waals surface area contributed by atoms with Crippen LogP contribution in [0.1, 0.15) is 31.7 Å². The summed E-state index contributed by atoms with van der Waals surface area (Å²) in [5.74, 6) is -2.32. The van der Waals surface area contributed by atoms with Crippen molar-refractivity contribution in [2.24, 2.45) is 16.2 Å². The number of nitrogens with zero attached hydrogens (tertiary/aromatic N) is 2. The van der Waals surface area contributed by atoms with Gasteiger partial charge in [-0.2, -0.15) is 0 Å². The average Bonchev–Trinajstić information content (AvgIpc) is 2.78. The molecule has 0 aliphatic carbocycles. The molecule has 0 spiro atoms. The fourth-order valence-corrected chi connectivity index (χ4v) is 2.33. The third-order valence-corrected chi connectivity index (χ3v) is 4.08. The molecule has 0 heterocycles. The molecule has 0 fully saturated rings. The predicted octanol–water partition coefficient (Wildman–Crippen LogP) is 2.65. The Morgan fingerprint density at radius 2 is 1.77 bits per heavy atom. The van der Waals surface area contributed by atoms with Crippen LogP contribution in [0.2, 0.25) is 0 Å². The lowest BCUT2D eigenvalue weighted by Crippen LogP contribution is -2.19. The smallest absolute Gasteiger partial charge is 0.445 e. The number of hydrogen-bond donors (Lipinski definition) is 0. The van der Waals surface area contributed by atoms with E-state index in [4.69, 9.17) is 9.47 Å². The summed E-state index contributed by atoms with van der Waals surface area (Å²) in [5, 5.41) is 7.18. The largest absolute Gasteiger partial charge is 0.497 e. The van der Waals surface area contributed by atoms with Crippen LogP contribution in [0.15, 0.2) is 41.2 Å². The Morgan fingerprint density at radius 1 is 1.06 bits per heavy atom. The van der Waals surface area contributed by atoms with Crippen molar-refractivity contribution in [3.63, 3.8) is 0 Å². The monoisotopic (exact) mass is 434 g/mol. The molecule has 0 bridgehead atoms. The number of esters is 1. The molecule has 1 aromatic carbocycles. The van der Waals surface area contributed by atoms with Gasteiger partial charge in [-0.1, -0.05) is 23.3 Å². The first-order valence-corrected chi connectivity index (χ1v) is 9.28. The first-order valence-electron chi connectivity index (χ1n) is 9.28. The third kappa shape index (κ3) is 8.69. The van der Waals surface area contributed by atoms with Crippen molar-refractivity contribution >= 4 is 29.8 Å². The molecular weight excluding hydrogens is 408 g/mol. The highest BCUT2D eigenvalue weighted by Crippen LogP contribution is 2.23. The van der Waals surface area contributed by atoms with Crippen LogP contribution >= 0.6 is 0 Å². The fourth-order valence-electron chi connectivity index (χ4n) is 2.33. The number of rotatable bonds is 11. The van der Waals surface area contributed by atoms with Crippen LogP contribution in [0.4, 0.5) is 0 Å². The van der Waals surface area contributed by atoms with Crippen LogP contribution in [-0.4, -0.2) is 51.2 Å². The molecular formula is C21H26N2O8. The van der Waals surface area contributed by atoms with E-state index >= 15 is 0 Å². The van der Waals surface area contributed by atoms with Crippen molar-refractivity contribution in [1.29, 1.82) is 0 Å². The Bertz CT molecular complexity index is 848. The first-order chi connectivity index (χ1) is 14.9. The number of oxime groups is 2. The zero-order chi connectivity index (χ0) is 23.2. The number of carbonyl (C=O) groups excluding carboxylic acids is 3. The van der Waals surface area contributed by atoms with Gasteiger partial charge in [-0.3, -0.25) is 4.79 Å². The molecule has 1 atom stereocenters. The molecule has 0 saturated heterocycles. The van der Waals surface area contributed by atoms with Gasteiger partial charge in [0, 0.05) is 17.5 Å². The van der Waals surface area contributed by atoms with E-state index in [0.29, 0.717) is 29.2 Å². The normalized spacial score (nSPS) is 12.1. The van der Waals surface area contributed by atoms with E-state index in [1.54, 1.807) is 24.3 Å². The maximum atomic E-state index is 11.8. The van der Waals surface area contributed by atoms with Gasteiger partial charge in [0.15, 0.2) is 0 Å². The molecule has 0 radical (unpaired) electrons. The first kappa shape index (κ1) is 25.3. The Hall–Kier alpha value is -3.69. The maximum Gasteiger partial charge on any atom is 0.445 e. The summed E-state index contributed by atoms with van der Waals surface area (Å²) in [6.07, 6.45) is 3.64. The Kier molecular flexibility index (Phi) is 11.1. The molecule has 0 saturated carbocycles. The lowest BCUT2D eigenvalue weighted by Gasteiger charge is -2.11. The SMILES string of the molecule is C=CCC(C)/C(CCC(=O)OC)=N\OC(=O)C(=O)O/N=C/c1ccc(OC)cc1OC. The van der Waals surface area contributed by atoms with E-state index in [9.17, 15) is 14.4 Å². The number of hydrogen-bond acceptors (Lipinski definition) is 10. The molecule has 0 aliphatic heterocycles. The summed E-state index contributed by atoms with van der Waals surface area (Å²) >= 11 is 0. The van der Waals surface area contributed by atoms with Gasteiger partial charge in [0.05, 0.1) is 39.7 Å². The molecule has 0 amide bonds. The Labute approximate surface area is 180 Å². The van der Waals surface area contributed by atoms with Gasteiger partial charge in [0.2, 0.25) is 0 Å². The van der Waals surface area contributed by atoms with Gasteiger partial charge < -0.3 is 23.9 Å². The lowest BCUT2D eigenvalue weighted by atomic mass is 9.98. The van der Waals surface area contributed by atoms with Gasteiger partial charge in [0.1, 0.15) is 11.5 Å². The molecule has 168 valence electrons. The summed E-state index contributed by atoms with van der Waals surface area (Å²) in [6.45, 7) is 5.45. The summed E-state index contributed by atoms with van der Waals surface area (Å²) in [6, 6.07) is 4.91. The molecule has 31 heavy (non-hydrogen) atoms. The van der Waals surface area contributed by atoms with Crippen molar-refractivity contribution in [3.8, 4) is 11.5 Å². The van der Waals surface area contributed by atoms with E-state index in [2.05, 4.69) is 31.3 Å². The lowest BCUT2D eigenvalue weighted by molar-refractivity contribution is -0.167. The van der Waals surface area contributed by atoms with Crippen molar-refractivity contribution in [2.75, 3.05) is 21.3 Å². The molecule has 0 aromatic heterocycles. The Balaban J connectivity index is 2.74. The summed E-state index contributed by atoms with van der Waals surface area (Å²) < 4.78 is 14.9. The van der Waals surface area contributed by atoms with Crippen LogP contribution in [0, 0.1) is 5.92 Å². The van der Waals surface area contributed by atoms with Crippen LogP contribution in [0.5, 0.6) is 11.5 Å². The molecule has 10 heteroatoms. The summed E-state index contributed by atoms with van der Waals surface area (Å²) in [5.41, 5.74) is 0.892. The molecule has 0 aliphatic rings. The standard InChI is InChI=1S/C21H26N2O8/c1-6-7-14(2)17(10-11-19(24)29-5)23-31-21(26)20(25)30-22-13-15-8-9-16(27-3)12-18(15)28-4/h6,8-9,12-14H,1,7,10-11H2,2-5H3/b22-13+,23-17-. The zero-order valence-electron chi connectivity index (χ0n) is 18.0. The molecule has 1 aromatic rings. The fraction of sp³-hybridized carbons (Fsp3) is 0.381. The number of benzene rings is 1. The predicted molar refractivity (Wildman–Crippen MR) is 112 cm³/mol. The average molecular weight is 434 g/mol. The summed E-state index contributed by atoms with van der Waals surface area (Å²) in [7, 11) is 4.24. The van der Waals surface area contributed by atoms with E-state index in [0.717, 1.165) is 0 Å². The second kappa shape index (κ2) is 13.5. The zero-order valence-corrected chi connectivity index (χ0v) is 18.0. The highest BCUT2D eigenvalue weighted by molar-refractivity contribution is 6.29. The van der Waals surface area contributed by atoms with E-state index < -0.39 is 17.9 Å². The highest BCUT2D eigenvalue weighted by atomic mass is 16.7. The number of ether oxygens (including phenoxy) is 3. The van der Waals surface area contributed by atoms with Gasteiger partial charge in [0.25, 0.3) is 0 Å². The van der Waals surface area contributed by atoms with Gasteiger partial charge in [-0.25, -0.2) is 9.59 Å². The van der Waals surface area contributed by atoms with Crippen LogP contribution < -0.4 is 9.47 Å². The molecule has 1 rings (SSSR count). The van der Waals surface area contributed by atoms with Gasteiger partial charge >= 0.3 is 17.9 Å². The molecule has 10 nitrogen and oxygen atoms in total. The maximum absolute atomic E-state index is 11.8. The second-order valence-corrected chi connectivity index (χ2v) is 6.18. The van der Waals surface area contributed by atoms with E-state index in [-0.39, 0.29) is 18.8 Å². The minimum Gasteiger partial charge on any atom is -0.497 e. The van der Waals surface area contributed by atoms with Crippen molar-refractivity contribution in [1.82, 2.24) is 0 Å². The summed E-state index contributed by atoms with van der Waals surface area (Å²) in [4.78, 5) is 44.2. The number of allylic oxidation sites excluding steroid dienone is 1. The van der Waals surface area contributed by atoms with E-state index in [1.165, 1.54) is 27.5 Å². The quantitative estimate of drug-likeness (QED) is 0.130. The van der Waals surface area contributed by atoms with Crippen LogP contribution in [-0.2, 0) is 28.8 Å². The highest BCUT2D eigenvalue weighted by Gasteiger charge is 2.20. The molecule has 0 N–H and O–H groups in total. The van der Waals surface area contributed by atoms with Gasteiger partial charge in [-0.15, -0.1) is 6.58 Å².